The minimum absolute atomic E-state index is 0.223. The number of esters is 2. The molecule has 0 saturated carbocycles. The first-order chi connectivity index (χ1) is 10.9. The van der Waals surface area contributed by atoms with Gasteiger partial charge < -0.3 is 9.47 Å². The van der Waals surface area contributed by atoms with E-state index in [1.54, 1.807) is 45.0 Å². The van der Waals surface area contributed by atoms with E-state index in [2.05, 4.69) is 0 Å². The fraction of sp³-hybridized carbons (Fsp3) is 0.263. The van der Waals surface area contributed by atoms with Crippen molar-refractivity contribution in [3.8, 4) is 5.75 Å². The molecule has 2 rings (SSSR count). The highest BCUT2D eigenvalue weighted by Crippen LogP contribution is 2.20. The monoisotopic (exact) mass is 312 g/mol. The maximum Gasteiger partial charge on any atom is 0.338 e. The van der Waals surface area contributed by atoms with Crippen molar-refractivity contribution in [1.29, 1.82) is 0 Å². The number of hydrogen-bond acceptors (Lipinski definition) is 4. The van der Waals surface area contributed by atoms with E-state index in [9.17, 15) is 9.59 Å². The number of carbonyl (C=O) groups is 2. The zero-order valence-electron chi connectivity index (χ0n) is 13.5. The Morgan fingerprint density at radius 1 is 0.913 bits per heavy atom. The van der Waals surface area contributed by atoms with Gasteiger partial charge in [0, 0.05) is 0 Å². The molecule has 0 atom stereocenters. The molecule has 2 aromatic carbocycles. The molecule has 4 nitrogen and oxygen atoms in total. The lowest BCUT2D eigenvalue weighted by molar-refractivity contribution is -0.142. The molecular weight excluding hydrogens is 292 g/mol. The zero-order valence-corrected chi connectivity index (χ0v) is 13.5. The first-order valence-corrected chi connectivity index (χ1v) is 7.39. The van der Waals surface area contributed by atoms with Gasteiger partial charge in [-0.05, 0) is 50.6 Å². The molecule has 23 heavy (non-hydrogen) atoms. The van der Waals surface area contributed by atoms with Crippen LogP contribution in [-0.4, -0.2) is 11.9 Å². The van der Waals surface area contributed by atoms with E-state index >= 15 is 0 Å². The zero-order chi connectivity index (χ0) is 16.9. The van der Waals surface area contributed by atoms with E-state index in [4.69, 9.17) is 9.47 Å². The van der Waals surface area contributed by atoms with Crippen LogP contribution in [-0.2, 0) is 16.1 Å². The average molecular weight is 312 g/mol. The minimum Gasteiger partial charge on any atom is -0.457 e. The second-order valence-electron chi connectivity index (χ2n) is 6.23. The lowest BCUT2D eigenvalue weighted by atomic mass is 9.97. The largest absolute Gasteiger partial charge is 0.457 e. The summed E-state index contributed by atoms with van der Waals surface area (Å²) >= 11 is 0. The van der Waals surface area contributed by atoms with Crippen LogP contribution in [0.5, 0.6) is 5.75 Å². The van der Waals surface area contributed by atoms with E-state index in [-0.39, 0.29) is 12.6 Å². The van der Waals surface area contributed by atoms with Gasteiger partial charge in [-0.25, -0.2) is 4.79 Å². The van der Waals surface area contributed by atoms with Crippen LogP contribution < -0.4 is 4.74 Å². The molecule has 120 valence electrons. The fourth-order valence-corrected chi connectivity index (χ4v) is 1.73. The van der Waals surface area contributed by atoms with Crippen LogP contribution >= 0.6 is 0 Å². The van der Waals surface area contributed by atoms with Crippen molar-refractivity contribution >= 4 is 11.9 Å². The average Bonchev–Trinajstić information content (AvgIpc) is 2.53. The Morgan fingerprint density at radius 3 is 2.09 bits per heavy atom. The molecule has 0 aliphatic heterocycles. The van der Waals surface area contributed by atoms with Gasteiger partial charge >= 0.3 is 11.9 Å². The Morgan fingerprint density at radius 2 is 1.52 bits per heavy atom. The quantitative estimate of drug-likeness (QED) is 0.632. The molecule has 0 aromatic heterocycles. The van der Waals surface area contributed by atoms with Gasteiger partial charge in [-0.15, -0.1) is 0 Å². The molecule has 4 heteroatoms. The number of carbonyl (C=O) groups excluding carboxylic acids is 2. The van der Waals surface area contributed by atoms with Crippen LogP contribution in [0, 0.1) is 5.41 Å². The van der Waals surface area contributed by atoms with Gasteiger partial charge in [0.2, 0.25) is 0 Å². The van der Waals surface area contributed by atoms with Crippen LogP contribution in [0.3, 0.4) is 0 Å². The van der Waals surface area contributed by atoms with Crippen LogP contribution in [0.1, 0.15) is 36.7 Å². The summed E-state index contributed by atoms with van der Waals surface area (Å²) < 4.78 is 10.5. The lowest BCUT2D eigenvalue weighted by Gasteiger charge is -2.16. The molecule has 0 heterocycles. The van der Waals surface area contributed by atoms with Crippen molar-refractivity contribution < 1.29 is 19.1 Å². The van der Waals surface area contributed by atoms with Crippen molar-refractivity contribution in [1.82, 2.24) is 0 Å². The minimum atomic E-state index is -0.576. The standard InChI is InChI=1S/C19H20O4/c1-19(2,3)18(21)23-16-11-9-15(10-12-16)17(20)22-13-14-7-5-4-6-8-14/h4-12H,13H2,1-3H3. The smallest absolute Gasteiger partial charge is 0.338 e. The molecule has 0 bridgehead atoms. The first-order valence-electron chi connectivity index (χ1n) is 7.39. The third-order valence-corrected chi connectivity index (χ3v) is 3.13. The number of hydrogen-bond donors (Lipinski definition) is 0. The van der Waals surface area contributed by atoms with Crippen LogP contribution in [0.15, 0.2) is 54.6 Å². The Labute approximate surface area is 136 Å². The van der Waals surface area contributed by atoms with E-state index in [0.29, 0.717) is 11.3 Å². The molecule has 0 amide bonds. The van der Waals surface area contributed by atoms with Crippen LogP contribution in [0.2, 0.25) is 0 Å². The molecular formula is C19H20O4. The summed E-state index contributed by atoms with van der Waals surface area (Å²) in [6.07, 6.45) is 0. The lowest BCUT2D eigenvalue weighted by Crippen LogP contribution is -2.25. The van der Waals surface area contributed by atoms with Crippen molar-refractivity contribution in [2.45, 2.75) is 27.4 Å². The van der Waals surface area contributed by atoms with Gasteiger partial charge in [0.15, 0.2) is 0 Å². The first kappa shape index (κ1) is 16.7. The number of ether oxygens (including phenoxy) is 2. The molecule has 0 aliphatic carbocycles. The Bertz CT molecular complexity index is 667. The third-order valence-electron chi connectivity index (χ3n) is 3.13. The van der Waals surface area contributed by atoms with E-state index in [0.717, 1.165) is 5.56 Å². The van der Waals surface area contributed by atoms with Crippen molar-refractivity contribution in [2.24, 2.45) is 5.41 Å². The van der Waals surface area contributed by atoms with Gasteiger partial charge in [-0.1, -0.05) is 30.3 Å². The molecule has 0 aliphatic rings. The van der Waals surface area contributed by atoms with Gasteiger partial charge in [-0.3, -0.25) is 4.79 Å². The van der Waals surface area contributed by atoms with Crippen molar-refractivity contribution in [3.63, 3.8) is 0 Å². The van der Waals surface area contributed by atoms with E-state index in [1.807, 2.05) is 30.3 Å². The molecule has 0 N–H and O–H groups in total. The Balaban J connectivity index is 1.94. The summed E-state index contributed by atoms with van der Waals surface area (Å²) in [6.45, 7) is 5.57. The highest BCUT2D eigenvalue weighted by atomic mass is 16.5. The summed E-state index contributed by atoms with van der Waals surface area (Å²) in [4.78, 5) is 23.8. The van der Waals surface area contributed by atoms with Crippen LogP contribution in [0.4, 0.5) is 0 Å². The second-order valence-corrected chi connectivity index (χ2v) is 6.23. The summed E-state index contributed by atoms with van der Waals surface area (Å²) in [5, 5.41) is 0. The summed E-state index contributed by atoms with van der Waals surface area (Å²) in [5.74, 6) is -0.330. The van der Waals surface area contributed by atoms with Crippen molar-refractivity contribution in [2.75, 3.05) is 0 Å². The summed E-state index contributed by atoms with van der Waals surface area (Å²) in [5.41, 5.74) is 0.765. The molecule has 0 fully saturated rings. The Kier molecular flexibility index (Phi) is 5.16. The highest BCUT2D eigenvalue weighted by molar-refractivity contribution is 5.89. The number of rotatable bonds is 4. The normalized spacial score (nSPS) is 10.9. The second kappa shape index (κ2) is 7.09. The van der Waals surface area contributed by atoms with Crippen molar-refractivity contribution in [3.05, 3.63) is 65.7 Å². The third kappa shape index (κ3) is 4.95. The van der Waals surface area contributed by atoms with Gasteiger partial charge in [-0.2, -0.15) is 0 Å². The highest BCUT2D eigenvalue weighted by Gasteiger charge is 2.23. The SMILES string of the molecule is CC(C)(C)C(=O)Oc1ccc(C(=O)OCc2ccccc2)cc1. The fourth-order valence-electron chi connectivity index (χ4n) is 1.73. The maximum atomic E-state index is 12.0. The predicted molar refractivity (Wildman–Crippen MR) is 87.1 cm³/mol. The van der Waals surface area contributed by atoms with Gasteiger partial charge in [0.25, 0.3) is 0 Å². The van der Waals surface area contributed by atoms with E-state index in [1.165, 1.54) is 0 Å². The molecule has 0 saturated heterocycles. The van der Waals surface area contributed by atoms with Crippen LogP contribution in [0.25, 0.3) is 0 Å². The predicted octanol–water partition coefficient (Wildman–Crippen LogP) is 4.00. The molecule has 0 unspecified atom stereocenters. The van der Waals surface area contributed by atoms with E-state index < -0.39 is 11.4 Å². The molecule has 2 aromatic rings. The summed E-state index contributed by atoms with van der Waals surface area (Å²) in [7, 11) is 0. The number of benzene rings is 2. The Hall–Kier alpha value is -2.62. The summed E-state index contributed by atoms with van der Waals surface area (Å²) in [6, 6.07) is 15.8. The van der Waals surface area contributed by atoms with Gasteiger partial charge in [0.1, 0.15) is 12.4 Å². The molecule has 0 radical (unpaired) electrons. The van der Waals surface area contributed by atoms with Gasteiger partial charge in [0.05, 0.1) is 11.0 Å². The maximum absolute atomic E-state index is 12.0. The topological polar surface area (TPSA) is 52.6 Å². The molecule has 0 spiro atoms.